The van der Waals surface area contributed by atoms with Gasteiger partial charge < -0.3 is 5.32 Å². The second kappa shape index (κ2) is 6.80. The number of rotatable bonds is 5. The SMILES string of the molecule is CC(NC1CC1c1ccccc1)C1CCC(C(=O)NO)CC1. The fourth-order valence-corrected chi connectivity index (χ4v) is 3.89. The van der Waals surface area contributed by atoms with Gasteiger partial charge in [0.15, 0.2) is 0 Å². The Morgan fingerprint density at radius 2 is 1.86 bits per heavy atom. The lowest BCUT2D eigenvalue weighted by molar-refractivity contribution is -0.134. The molecule has 4 heteroatoms. The summed E-state index contributed by atoms with van der Waals surface area (Å²) in [6.45, 7) is 2.28. The van der Waals surface area contributed by atoms with Gasteiger partial charge in [0.1, 0.15) is 0 Å². The molecule has 0 bridgehead atoms. The lowest BCUT2D eigenvalue weighted by Gasteiger charge is -2.32. The van der Waals surface area contributed by atoms with Gasteiger partial charge in [-0.05, 0) is 50.5 Å². The third-order valence-electron chi connectivity index (χ3n) is 5.46. The molecule has 0 aromatic heterocycles. The quantitative estimate of drug-likeness (QED) is 0.579. The van der Waals surface area contributed by atoms with Crippen molar-refractivity contribution in [1.29, 1.82) is 0 Å². The molecule has 2 saturated carbocycles. The summed E-state index contributed by atoms with van der Waals surface area (Å²) in [5, 5.41) is 12.5. The van der Waals surface area contributed by atoms with E-state index in [1.54, 1.807) is 5.48 Å². The van der Waals surface area contributed by atoms with Crippen LogP contribution in [-0.2, 0) is 4.79 Å². The van der Waals surface area contributed by atoms with E-state index in [1.165, 1.54) is 12.0 Å². The summed E-state index contributed by atoms with van der Waals surface area (Å²) in [5.74, 6) is 1.08. The Kier molecular flexibility index (Phi) is 4.79. The van der Waals surface area contributed by atoms with Crippen LogP contribution in [0, 0.1) is 11.8 Å². The Balaban J connectivity index is 1.44. The predicted octanol–water partition coefficient (Wildman–Crippen LogP) is 2.83. The first-order chi connectivity index (χ1) is 10.7. The number of nitrogens with one attached hydrogen (secondary N) is 2. The van der Waals surface area contributed by atoms with Gasteiger partial charge in [0, 0.05) is 23.9 Å². The maximum absolute atomic E-state index is 11.5. The zero-order valence-corrected chi connectivity index (χ0v) is 13.2. The molecule has 1 aromatic rings. The molecular formula is C18H26N2O2. The fraction of sp³-hybridized carbons (Fsp3) is 0.611. The lowest BCUT2D eigenvalue weighted by Crippen LogP contribution is -2.39. The minimum atomic E-state index is -0.217. The van der Waals surface area contributed by atoms with E-state index in [2.05, 4.69) is 42.6 Å². The van der Waals surface area contributed by atoms with Gasteiger partial charge in [-0.15, -0.1) is 0 Å². The van der Waals surface area contributed by atoms with Gasteiger partial charge >= 0.3 is 0 Å². The van der Waals surface area contributed by atoms with Gasteiger partial charge in [-0.1, -0.05) is 30.3 Å². The standard InChI is InChI=1S/C18H26N2O2/c1-12(13-7-9-15(10-8-13)18(21)20-22)19-17-11-16(17)14-5-3-2-4-6-14/h2-6,12-13,15-17,19,22H,7-11H2,1H3,(H,20,21). The average Bonchev–Trinajstić information content (AvgIpc) is 3.34. The van der Waals surface area contributed by atoms with Gasteiger partial charge in [0.2, 0.25) is 5.91 Å². The van der Waals surface area contributed by atoms with E-state index >= 15 is 0 Å². The Bertz CT molecular complexity index is 497. The third-order valence-corrected chi connectivity index (χ3v) is 5.46. The van der Waals surface area contributed by atoms with Crippen LogP contribution in [0.1, 0.15) is 50.5 Å². The zero-order valence-electron chi connectivity index (χ0n) is 13.2. The number of hydrogen-bond donors (Lipinski definition) is 3. The Morgan fingerprint density at radius 3 is 2.50 bits per heavy atom. The Hall–Kier alpha value is -1.39. The summed E-state index contributed by atoms with van der Waals surface area (Å²) in [6.07, 6.45) is 5.13. The van der Waals surface area contributed by atoms with E-state index in [1.807, 2.05) is 0 Å². The van der Waals surface area contributed by atoms with E-state index in [9.17, 15) is 4.79 Å². The van der Waals surface area contributed by atoms with E-state index in [-0.39, 0.29) is 11.8 Å². The minimum absolute atomic E-state index is 0.00792. The maximum Gasteiger partial charge on any atom is 0.246 e. The number of hydrogen-bond acceptors (Lipinski definition) is 3. The maximum atomic E-state index is 11.5. The summed E-state index contributed by atoms with van der Waals surface area (Å²) < 4.78 is 0. The van der Waals surface area contributed by atoms with Crippen LogP contribution in [0.15, 0.2) is 30.3 Å². The first-order valence-electron chi connectivity index (χ1n) is 8.44. The molecule has 3 N–H and O–H groups in total. The normalized spacial score (nSPS) is 32.3. The Labute approximate surface area is 132 Å². The first-order valence-corrected chi connectivity index (χ1v) is 8.44. The molecule has 0 heterocycles. The number of amides is 1. The molecule has 0 aliphatic heterocycles. The van der Waals surface area contributed by atoms with Gasteiger partial charge in [0.25, 0.3) is 0 Å². The summed E-state index contributed by atoms with van der Waals surface area (Å²) >= 11 is 0. The molecule has 4 nitrogen and oxygen atoms in total. The minimum Gasteiger partial charge on any atom is -0.311 e. The molecule has 0 radical (unpaired) electrons. The zero-order chi connectivity index (χ0) is 15.5. The molecule has 0 saturated heterocycles. The van der Waals surface area contributed by atoms with Crippen molar-refractivity contribution in [2.75, 3.05) is 0 Å². The van der Waals surface area contributed by atoms with Crippen LogP contribution < -0.4 is 10.8 Å². The largest absolute Gasteiger partial charge is 0.311 e. The molecule has 0 spiro atoms. The van der Waals surface area contributed by atoms with Crippen LogP contribution in [0.4, 0.5) is 0 Å². The average molecular weight is 302 g/mol. The molecule has 3 atom stereocenters. The molecule has 2 fully saturated rings. The molecule has 1 aromatic carbocycles. The van der Waals surface area contributed by atoms with Crippen LogP contribution in [0.25, 0.3) is 0 Å². The lowest BCUT2D eigenvalue weighted by atomic mass is 9.78. The number of carbonyl (C=O) groups is 1. The van der Waals surface area contributed by atoms with Crippen molar-refractivity contribution in [3.05, 3.63) is 35.9 Å². The Morgan fingerprint density at radius 1 is 1.18 bits per heavy atom. The fourth-order valence-electron chi connectivity index (χ4n) is 3.89. The van der Waals surface area contributed by atoms with Crippen molar-refractivity contribution < 1.29 is 10.0 Å². The van der Waals surface area contributed by atoms with E-state index in [4.69, 9.17) is 5.21 Å². The van der Waals surface area contributed by atoms with Gasteiger partial charge in [-0.3, -0.25) is 10.0 Å². The van der Waals surface area contributed by atoms with E-state index in [0.717, 1.165) is 25.7 Å². The van der Waals surface area contributed by atoms with Crippen molar-refractivity contribution in [3.8, 4) is 0 Å². The smallest absolute Gasteiger partial charge is 0.246 e. The summed E-state index contributed by atoms with van der Waals surface area (Å²) in [7, 11) is 0. The molecule has 22 heavy (non-hydrogen) atoms. The highest BCUT2D eigenvalue weighted by Crippen LogP contribution is 2.42. The third kappa shape index (κ3) is 3.50. The van der Waals surface area contributed by atoms with Gasteiger partial charge in [0.05, 0.1) is 0 Å². The van der Waals surface area contributed by atoms with Gasteiger partial charge in [-0.2, -0.15) is 0 Å². The topological polar surface area (TPSA) is 61.4 Å². The highest BCUT2D eigenvalue weighted by atomic mass is 16.5. The van der Waals surface area contributed by atoms with Crippen LogP contribution in [0.5, 0.6) is 0 Å². The predicted molar refractivity (Wildman–Crippen MR) is 85.6 cm³/mol. The van der Waals surface area contributed by atoms with Crippen molar-refractivity contribution in [1.82, 2.24) is 10.8 Å². The first kappa shape index (κ1) is 15.5. The monoisotopic (exact) mass is 302 g/mol. The second-order valence-corrected chi connectivity index (χ2v) is 6.90. The molecule has 2 aliphatic rings. The molecule has 1 amide bonds. The highest BCUT2D eigenvalue weighted by molar-refractivity contribution is 5.77. The number of hydroxylamine groups is 1. The molecular weight excluding hydrogens is 276 g/mol. The molecule has 3 unspecified atom stereocenters. The van der Waals surface area contributed by atoms with E-state index < -0.39 is 0 Å². The van der Waals surface area contributed by atoms with Crippen molar-refractivity contribution in [2.24, 2.45) is 11.8 Å². The van der Waals surface area contributed by atoms with E-state index in [0.29, 0.717) is 23.9 Å². The molecule has 120 valence electrons. The van der Waals surface area contributed by atoms with Crippen LogP contribution in [0.3, 0.4) is 0 Å². The second-order valence-electron chi connectivity index (χ2n) is 6.90. The van der Waals surface area contributed by atoms with Crippen LogP contribution in [0.2, 0.25) is 0 Å². The van der Waals surface area contributed by atoms with Crippen LogP contribution >= 0.6 is 0 Å². The number of carbonyl (C=O) groups excluding carboxylic acids is 1. The van der Waals surface area contributed by atoms with Crippen molar-refractivity contribution in [2.45, 2.75) is 57.0 Å². The summed E-state index contributed by atoms with van der Waals surface area (Å²) in [4.78, 5) is 11.5. The molecule has 3 rings (SSSR count). The van der Waals surface area contributed by atoms with Crippen LogP contribution in [-0.4, -0.2) is 23.2 Å². The van der Waals surface area contributed by atoms with Crippen molar-refractivity contribution in [3.63, 3.8) is 0 Å². The summed E-state index contributed by atoms with van der Waals surface area (Å²) in [5.41, 5.74) is 3.23. The van der Waals surface area contributed by atoms with Crippen molar-refractivity contribution >= 4 is 5.91 Å². The number of benzene rings is 1. The highest BCUT2D eigenvalue weighted by Gasteiger charge is 2.40. The van der Waals surface area contributed by atoms with Gasteiger partial charge in [-0.25, -0.2) is 5.48 Å². The molecule has 2 aliphatic carbocycles. The summed E-state index contributed by atoms with van der Waals surface area (Å²) in [6, 6.07) is 11.8.